The zero-order valence-corrected chi connectivity index (χ0v) is 12.5. The van der Waals surface area contributed by atoms with Gasteiger partial charge >= 0.3 is 0 Å². The van der Waals surface area contributed by atoms with Gasteiger partial charge in [-0.05, 0) is 31.1 Å². The third-order valence-corrected chi connectivity index (χ3v) is 6.92. The molecule has 3 heteroatoms. The summed E-state index contributed by atoms with van der Waals surface area (Å²) in [4.78, 5) is 2.67. The molecule has 2 aliphatic carbocycles. The summed E-state index contributed by atoms with van der Waals surface area (Å²) in [6.45, 7) is 3.73. The van der Waals surface area contributed by atoms with Crippen molar-refractivity contribution in [1.29, 1.82) is 0 Å². The largest absolute Gasteiger partial charge is 0.307 e. The Labute approximate surface area is 116 Å². The van der Waals surface area contributed by atoms with Crippen molar-refractivity contribution in [3.8, 4) is 0 Å². The van der Waals surface area contributed by atoms with Gasteiger partial charge in [-0.3, -0.25) is 4.90 Å². The lowest BCUT2D eigenvalue weighted by Gasteiger charge is -2.37. The lowest BCUT2D eigenvalue weighted by Crippen LogP contribution is -2.46. The molecule has 2 nitrogen and oxygen atoms in total. The quantitative estimate of drug-likeness (QED) is 0.832. The molecule has 0 aromatic carbocycles. The predicted octanol–water partition coefficient (Wildman–Crippen LogP) is 3.42. The topological polar surface area (TPSA) is 29.3 Å². The highest BCUT2D eigenvalue weighted by atomic mass is 32.2. The van der Waals surface area contributed by atoms with Crippen LogP contribution in [0.2, 0.25) is 0 Å². The van der Waals surface area contributed by atoms with Gasteiger partial charge in [0.25, 0.3) is 0 Å². The normalized spacial score (nSPS) is 46.0. The first kappa shape index (κ1) is 13.3. The van der Waals surface area contributed by atoms with Crippen LogP contribution in [-0.2, 0) is 0 Å². The van der Waals surface area contributed by atoms with Gasteiger partial charge in [-0.2, -0.15) is 0 Å². The zero-order valence-electron chi connectivity index (χ0n) is 11.7. The second-order valence-electron chi connectivity index (χ2n) is 6.64. The molecular weight excluding hydrogens is 240 g/mol. The summed E-state index contributed by atoms with van der Waals surface area (Å²) in [5.74, 6) is 1.82. The summed E-state index contributed by atoms with van der Waals surface area (Å²) in [7, 11) is 0. The molecule has 2 saturated carbocycles. The number of hydrogen-bond acceptors (Lipinski definition) is 3. The Morgan fingerprint density at radius 3 is 2.61 bits per heavy atom. The van der Waals surface area contributed by atoms with E-state index in [1.165, 1.54) is 57.9 Å². The van der Waals surface area contributed by atoms with Crippen molar-refractivity contribution >= 4 is 11.8 Å². The summed E-state index contributed by atoms with van der Waals surface area (Å²) in [5.41, 5.74) is 6.67. The summed E-state index contributed by atoms with van der Waals surface area (Å²) in [5, 5.41) is 0.840. The highest BCUT2D eigenvalue weighted by Crippen LogP contribution is 2.43. The van der Waals surface area contributed by atoms with Gasteiger partial charge in [-0.15, -0.1) is 11.8 Å². The molecule has 1 aliphatic heterocycles. The van der Waals surface area contributed by atoms with E-state index in [0.717, 1.165) is 23.1 Å². The van der Waals surface area contributed by atoms with Crippen molar-refractivity contribution in [2.75, 3.05) is 6.54 Å². The summed E-state index contributed by atoms with van der Waals surface area (Å²) in [6.07, 6.45) is 11.4. The SMILES string of the molecule is CC1CCCCC1CN1C(N)SC2CCCCC21. The monoisotopic (exact) mass is 268 g/mol. The standard InChI is InChI=1S/C15H28N2S/c1-11-6-2-3-7-12(11)10-17-13-8-4-5-9-14(13)18-15(17)16/h11-15H,2-10,16H2,1H3. The highest BCUT2D eigenvalue weighted by Gasteiger charge is 2.42. The Morgan fingerprint density at radius 1 is 1.06 bits per heavy atom. The van der Waals surface area contributed by atoms with Crippen LogP contribution in [-0.4, -0.2) is 28.2 Å². The Morgan fingerprint density at radius 2 is 1.78 bits per heavy atom. The Balaban J connectivity index is 1.63. The van der Waals surface area contributed by atoms with Crippen LogP contribution in [0.25, 0.3) is 0 Å². The summed E-state index contributed by atoms with van der Waals surface area (Å²) < 4.78 is 0. The second-order valence-corrected chi connectivity index (χ2v) is 8.00. The Kier molecular flexibility index (Phi) is 4.21. The molecule has 104 valence electrons. The maximum atomic E-state index is 6.39. The molecule has 0 radical (unpaired) electrons. The van der Waals surface area contributed by atoms with Crippen molar-refractivity contribution in [3.63, 3.8) is 0 Å². The van der Waals surface area contributed by atoms with Crippen LogP contribution in [0.1, 0.15) is 58.3 Å². The van der Waals surface area contributed by atoms with E-state index in [9.17, 15) is 0 Å². The average molecular weight is 268 g/mol. The molecule has 5 unspecified atom stereocenters. The van der Waals surface area contributed by atoms with Crippen molar-refractivity contribution in [2.24, 2.45) is 17.6 Å². The number of nitrogens with zero attached hydrogens (tertiary/aromatic N) is 1. The zero-order chi connectivity index (χ0) is 12.5. The fourth-order valence-electron chi connectivity index (χ4n) is 4.24. The van der Waals surface area contributed by atoms with E-state index in [1.54, 1.807) is 0 Å². The lowest BCUT2D eigenvalue weighted by atomic mass is 9.79. The van der Waals surface area contributed by atoms with E-state index in [4.69, 9.17) is 5.73 Å². The van der Waals surface area contributed by atoms with Crippen molar-refractivity contribution in [2.45, 2.75) is 75.1 Å². The summed E-state index contributed by atoms with van der Waals surface area (Å²) >= 11 is 2.05. The maximum Gasteiger partial charge on any atom is 0.106 e. The first-order chi connectivity index (χ1) is 8.75. The predicted molar refractivity (Wildman–Crippen MR) is 79.4 cm³/mol. The molecule has 0 spiro atoms. The van der Waals surface area contributed by atoms with Gasteiger partial charge in [0.15, 0.2) is 0 Å². The van der Waals surface area contributed by atoms with Crippen LogP contribution in [0.4, 0.5) is 0 Å². The molecule has 2 N–H and O–H groups in total. The van der Waals surface area contributed by atoms with Crippen molar-refractivity contribution in [3.05, 3.63) is 0 Å². The van der Waals surface area contributed by atoms with Crippen LogP contribution >= 0.6 is 11.8 Å². The molecule has 5 atom stereocenters. The van der Waals surface area contributed by atoms with E-state index in [1.807, 2.05) is 0 Å². The van der Waals surface area contributed by atoms with Crippen LogP contribution in [0.3, 0.4) is 0 Å². The smallest absolute Gasteiger partial charge is 0.106 e. The Bertz CT molecular complexity index is 284. The second kappa shape index (κ2) is 5.72. The first-order valence-corrected chi connectivity index (χ1v) is 8.87. The molecular formula is C15H28N2S. The number of hydrogen-bond donors (Lipinski definition) is 1. The van der Waals surface area contributed by atoms with E-state index in [0.29, 0.717) is 0 Å². The fraction of sp³-hybridized carbons (Fsp3) is 1.00. The van der Waals surface area contributed by atoms with E-state index >= 15 is 0 Å². The average Bonchev–Trinajstić information content (AvgIpc) is 2.69. The molecule has 1 heterocycles. The minimum absolute atomic E-state index is 0.284. The van der Waals surface area contributed by atoms with Crippen LogP contribution in [0.5, 0.6) is 0 Å². The minimum Gasteiger partial charge on any atom is -0.307 e. The molecule has 3 aliphatic rings. The Hall–Kier alpha value is 0.270. The van der Waals surface area contributed by atoms with Gasteiger partial charge in [0.2, 0.25) is 0 Å². The molecule has 1 saturated heterocycles. The third-order valence-electron chi connectivity index (χ3n) is 5.47. The van der Waals surface area contributed by atoms with Crippen LogP contribution in [0, 0.1) is 11.8 Å². The van der Waals surface area contributed by atoms with Crippen LogP contribution in [0.15, 0.2) is 0 Å². The molecule has 0 aromatic heterocycles. The summed E-state index contributed by atoms with van der Waals surface area (Å²) in [6, 6.07) is 0.799. The van der Waals surface area contributed by atoms with Gasteiger partial charge < -0.3 is 5.73 Å². The van der Waals surface area contributed by atoms with Gasteiger partial charge in [0, 0.05) is 17.8 Å². The molecule has 3 fully saturated rings. The lowest BCUT2D eigenvalue weighted by molar-refractivity contribution is 0.109. The number of fused-ring (bicyclic) bond motifs is 1. The molecule has 18 heavy (non-hydrogen) atoms. The minimum atomic E-state index is 0.284. The first-order valence-electron chi connectivity index (χ1n) is 7.92. The molecule has 3 rings (SSSR count). The van der Waals surface area contributed by atoms with Gasteiger partial charge in [-0.1, -0.05) is 39.0 Å². The maximum absolute atomic E-state index is 6.39. The number of thioether (sulfide) groups is 1. The van der Waals surface area contributed by atoms with Crippen molar-refractivity contribution < 1.29 is 0 Å². The third kappa shape index (κ3) is 2.59. The van der Waals surface area contributed by atoms with Gasteiger partial charge in [0.1, 0.15) is 5.50 Å². The van der Waals surface area contributed by atoms with E-state index in [2.05, 4.69) is 23.6 Å². The van der Waals surface area contributed by atoms with E-state index in [-0.39, 0.29) is 5.50 Å². The van der Waals surface area contributed by atoms with E-state index < -0.39 is 0 Å². The molecule has 0 bridgehead atoms. The highest BCUT2D eigenvalue weighted by molar-refractivity contribution is 8.00. The van der Waals surface area contributed by atoms with Gasteiger partial charge in [-0.25, -0.2) is 0 Å². The fourth-order valence-corrected chi connectivity index (χ4v) is 5.77. The molecule has 0 aromatic rings. The van der Waals surface area contributed by atoms with Crippen molar-refractivity contribution in [1.82, 2.24) is 4.90 Å². The number of rotatable bonds is 2. The van der Waals surface area contributed by atoms with Crippen LogP contribution < -0.4 is 5.73 Å². The van der Waals surface area contributed by atoms with Gasteiger partial charge in [0.05, 0.1) is 0 Å². The number of nitrogens with two attached hydrogens (primary N) is 1. The molecule has 0 amide bonds.